The molecule has 0 saturated carbocycles. The van der Waals surface area contributed by atoms with Crippen LogP contribution in [0.1, 0.15) is 26.3 Å². The summed E-state index contributed by atoms with van der Waals surface area (Å²) in [5.41, 5.74) is 0.707. The zero-order valence-electron chi connectivity index (χ0n) is 15.3. The van der Waals surface area contributed by atoms with Crippen molar-refractivity contribution in [3.8, 4) is 17.2 Å². The number of hydrogen-bond donors (Lipinski definition) is 0. The van der Waals surface area contributed by atoms with Crippen LogP contribution < -0.4 is 14.2 Å². The van der Waals surface area contributed by atoms with Crippen LogP contribution in [0.2, 0.25) is 5.02 Å². The molecule has 0 aliphatic heterocycles. The second-order valence-corrected chi connectivity index (χ2v) is 5.64. The van der Waals surface area contributed by atoms with Crippen molar-refractivity contribution in [1.82, 2.24) is 0 Å². The van der Waals surface area contributed by atoms with Gasteiger partial charge in [0.1, 0.15) is 27.6 Å². The molecule has 0 radical (unpaired) electrons. The molecule has 2 aromatic carbocycles. The Morgan fingerprint density at radius 2 is 1.35 bits per heavy atom. The Morgan fingerprint density at radius 1 is 0.808 bits per heavy atom. The molecule has 2 rings (SSSR count). The first-order valence-electron chi connectivity index (χ1n) is 7.49. The second kappa shape index (κ2) is 7.70. The van der Waals surface area contributed by atoms with E-state index in [0.29, 0.717) is 10.9 Å². The highest BCUT2D eigenvalue weighted by Gasteiger charge is 2.31. The van der Waals surface area contributed by atoms with Crippen LogP contribution in [0.15, 0.2) is 6.07 Å². The van der Waals surface area contributed by atoms with Crippen LogP contribution in [0.3, 0.4) is 0 Å². The number of ether oxygens (including phenoxy) is 5. The number of hydrogen-bond acceptors (Lipinski definition) is 7. The highest BCUT2D eigenvalue weighted by molar-refractivity contribution is 6.37. The first-order valence-corrected chi connectivity index (χ1v) is 7.86. The Hall–Kier alpha value is -2.67. The summed E-state index contributed by atoms with van der Waals surface area (Å²) in [4.78, 5) is 25.0. The highest BCUT2D eigenvalue weighted by atomic mass is 35.5. The van der Waals surface area contributed by atoms with E-state index in [0.717, 1.165) is 0 Å². The fourth-order valence-electron chi connectivity index (χ4n) is 2.91. The van der Waals surface area contributed by atoms with E-state index < -0.39 is 11.9 Å². The molecule has 26 heavy (non-hydrogen) atoms. The quantitative estimate of drug-likeness (QED) is 0.733. The van der Waals surface area contributed by atoms with Crippen LogP contribution >= 0.6 is 11.6 Å². The lowest BCUT2D eigenvalue weighted by atomic mass is 9.93. The predicted molar refractivity (Wildman–Crippen MR) is 96.0 cm³/mol. The number of carbonyl (C=O) groups is 2. The lowest BCUT2D eigenvalue weighted by Crippen LogP contribution is -2.12. The summed E-state index contributed by atoms with van der Waals surface area (Å²) in [6.07, 6.45) is 0. The fraction of sp³-hybridized carbons (Fsp3) is 0.333. The van der Waals surface area contributed by atoms with E-state index in [1.807, 2.05) is 0 Å². The minimum atomic E-state index is -0.728. The Bertz CT molecular complexity index is 889. The molecule has 0 spiro atoms. The van der Waals surface area contributed by atoms with E-state index in [4.69, 9.17) is 35.3 Å². The number of rotatable bonds is 5. The van der Waals surface area contributed by atoms with Gasteiger partial charge in [-0.1, -0.05) is 11.6 Å². The van der Waals surface area contributed by atoms with Gasteiger partial charge in [0.05, 0.1) is 35.5 Å². The van der Waals surface area contributed by atoms with E-state index in [1.165, 1.54) is 35.5 Å². The number of carbonyl (C=O) groups excluding carboxylic acids is 2. The smallest absolute Gasteiger partial charge is 0.342 e. The number of fused-ring (bicyclic) bond motifs is 1. The van der Waals surface area contributed by atoms with E-state index in [9.17, 15) is 9.59 Å². The topological polar surface area (TPSA) is 80.3 Å². The average molecular weight is 383 g/mol. The van der Waals surface area contributed by atoms with Crippen molar-refractivity contribution in [2.75, 3.05) is 35.5 Å². The molecule has 140 valence electrons. The minimum Gasteiger partial charge on any atom is -0.496 e. The van der Waals surface area contributed by atoms with Gasteiger partial charge in [-0.3, -0.25) is 0 Å². The van der Waals surface area contributed by atoms with Crippen LogP contribution in [0.4, 0.5) is 0 Å². The van der Waals surface area contributed by atoms with Gasteiger partial charge in [-0.25, -0.2) is 9.59 Å². The summed E-state index contributed by atoms with van der Waals surface area (Å²) in [6.45, 7) is 1.78. The van der Waals surface area contributed by atoms with Crippen molar-refractivity contribution in [1.29, 1.82) is 0 Å². The SMILES string of the molecule is COC(=O)c1c(OC)cc(C)c2c(OC)c(Cl)c(OC)c(C(=O)OC)c12. The summed E-state index contributed by atoms with van der Waals surface area (Å²) in [5, 5.41) is 0.769. The van der Waals surface area contributed by atoms with Crippen molar-refractivity contribution >= 4 is 34.3 Å². The average Bonchev–Trinajstić information content (AvgIpc) is 2.65. The largest absolute Gasteiger partial charge is 0.496 e. The van der Waals surface area contributed by atoms with Gasteiger partial charge in [-0.15, -0.1) is 0 Å². The molecular formula is C18H19ClO7. The molecule has 0 aromatic heterocycles. The molecule has 0 saturated heterocycles. The van der Waals surface area contributed by atoms with Gasteiger partial charge in [0.2, 0.25) is 0 Å². The first-order chi connectivity index (χ1) is 12.4. The summed E-state index contributed by atoms with van der Waals surface area (Å²) in [7, 11) is 6.64. The third-order valence-corrected chi connectivity index (χ3v) is 4.34. The maximum atomic E-state index is 12.5. The van der Waals surface area contributed by atoms with Gasteiger partial charge in [0.25, 0.3) is 0 Å². The molecule has 0 aliphatic rings. The number of benzene rings is 2. The maximum absolute atomic E-state index is 12.5. The van der Waals surface area contributed by atoms with Crippen molar-refractivity contribution in [3.63, 3.8) is 0 Å². The molecule has 0 bridgehead atoms. The summed E-state index contributed by atoms with van der Waals surface area (Å²) >= 11 is 6.40. The van der Waals surface area contributed by atoms with E-state index in [2.05, 4.69) is 0 Å². The third-order valence-electron chi connectivity index (χ3n) is 4.00. The first kappa shape index (κ1) is 19.7. The summed E-state index contributed by atoms with van der Waals surface area (Å²) in [6, 6.07) is 1.64. The van der Waals surface area contributed by atoms with Crippen molar-refractivity contribution in [2.24, 2.45) is 0 Å². The monoisotopic (exact) mass is 382 g/mol. The van der Waals surface area contributed by atoms with Crippen LogP contribution in [-0.4, -0.2) is 47.5 Å². The molecular weight excluding hydrogens is 364 g/mol. The fourth-order valence-corrected chi connectivity index (χ4v) is 3.25. The van der Waals surface area contributed by atoms with Gasteiger partial charge in [-0.05, 0) is 18.6 Å². The molecule has 0 fully saturated rings. The Morgan fingerprint density at radius 3 is 1.81 bits per heavy atom. The molecule has 7 nitrogen and oxygen atoms in total. The molecule has 8 heteroatoms. The zero-order chi connectivity index (χ0) is 19.6. The molecule has 0 amide bonds. The van der Waals surface area contributed by atoms with Gasteiger partial charge in [0, 0.05) is 10.8 Å². The molecule has 0 unspecified atom stereocenters. The minimum absolute atomic E-state index is 0.0156. The van der Waals surface area contributed by atoms with Gasteiger partial charge in [0.15, 0.2) is 5.75 Å². The lowest BCUT2D eigenvalue weighted by Gasteiger charge is -2.20. The van der Waals surface area contributed by atoms with Gasteiger partial charge in [-0.2, -0.15) is 0 Å². The van der Waals surface area contributed by atoms with E-state index >= 15 is 0 Å². The lowest BCUT2D eigenvalue weighted by molar-refractivity contribution is 0.0598. The Kier molecular flexibility index (Phi) is 5.82. The van der Waals surface area contributed by atoms with Gasteiger partial charge >= 0.3 is 11.9 Å². The Labute approximate surface area is 155 Å². The summed E-state index contributed by atoms with van der Waals surface area (Å²) < 4.78 is 25.9. The third kappa shape index (κ3) is 2.88. The zero-order valence-corrected chi connectivity index (χ0v) is 16.1. The number of halogens is 1. The van der Waals surface area contributed by atoms with Crippen molar-refractivity contribution < 1.29 is 33.3 Å². The second-order valence-electron chi connectivity index (χ2n) is 5.26. The number of methoxy groups -OCH3 is 5. The maximum Gasteiger partial charge on any atom is 0.342 e. The number of esters is 2. The van der Waals surface area contributed by atoms with Crippen LogP contribution in [0, 0.1) is 6.92 Å². The van der Waals surface area contributed by atoms with Crippen molar-refractivity contribution in [3.05, 3.63) is 27.8 Å². The Balaban J connectivity index is 3.27. The predicted octanol–water partition coefficient (Wildman–Crippen LogP) is 3.40. The molecule has 0 aliphatic carbocycles. The van der Waals surface area contributed by atoms with Crippen LogP contribution in [-0.2, 0) is 9.47 Å². The number of aryl methyl sites for hydroxylation is 1. The van der Waals surface area contributed by atoms with E-state index in [-0.39, 0.29) is 38.8 Å². The standard InChI is InChI=1S/C18H19ClO7/c1-8-7-9(22-2)11(17(20)25-5)12-10(8)15(23-3)14(19)16(24-4)13(12)18(21)26-6/h7H,1-6H3. The van der Waals surface area contributed by atoms with Crippen molar-refractivity contribution in [2.45, 2.75) is 6.92 Å². The van der Waals surface area contributed by atoms with Crippen LogP contribution in [0.25, 0.3) is 10.8 Å². The molecule has 2 aromatic rings. The molecule has 0 heterocycles. The summed E-state index contributed by atoms with van der Waals surface area (Å²) in [5.74, 6) is -0.895. The highest BCUT2D eigenvalue weighted by Crippen LogP contribution is 2.48. The molecule has 0 atom stereocenters. The molecule has 0 N–H and O–H groups in total. The van der Waals surface area contributed by atoms with E-state index in [1.54, 1.807) is 13.0 Å². The van der Waals surface area contributed by atoms with Gasteiger partial charge < -0.3 is 23.7 Å². The normalized spacial score (nSPS) is 10.4. The van der Waals surface area contributed by atoms with Crippen LogP contribution in [0.5, 0.6) is 17.2 Å².